The Kier molecular flexibility index (Phi) is 4.24. The van der Waals surface area contributed by atoms with E-state index in [0.717, 1.165) is 0 Å². The topological polar surface area (TPSA) is 101 Å². The molecule has 18 heavy (non-hydrogen) atoms. The van der Waals surface area contributed by atoms with Gasteiger partial charge in [-0.25, -0.2) is 0 Å². The number of aliphatic carboxylic acids is 1. The number of aryl methyl sites for hydroxylation is 1. The molecule has 0 bridgehead atoms. The zero-order valence-electron chi connectivity index (χ0n) is 10.5. The third-order valence-electron chi connectivity index (χ3n) is 2.68. The van der Waals surface area contributed by atoms with Crippen molar-refractivity contribution in [1.82, 2.24) is 9.55 Å². The van der Waals surface area contributed by atoms with Crippen molar-refractivity contribution in [2.24, 2.45) is 7.05 Å². The summed E-state index contributed by atoms with van der Waals surface area (Å²) in [5.41, 5.74) is 0. The molecule has 0 aromatic carbocycles. The average Bonchev–Trinajstić information content (AvgIpc) is 2.61. The van der Waals surface area contributed by atoms with Crippen LogP contribution in [0.1, 0.15) is 20.3 Å². The van der Waals surface area contributed by atoms with Crippen LogP contribution in [0.15, 0.2) is 6.33 Å². The number of rotatable bonds is 6. The molecule has 1 heterocycles. The molecular formula is C10H16N4O4. The number of nitrogens with zero attached hydrogens (tertiary/aromatic N) is 4. The first-order valence-corrected chi connectivity index (χ1v) is 5.52. The molecular weight excluding hydrogens is 240 g/mol. The lowest BCUT2D eigenvalue weighted by atomic mass is 10.2. The zero-order chi connectivity index (χ0) is 13.9. The Morgan fingerprint density at radius 2 is 2.33 bits per heavy atom. The summed E-state index contributed by atoms with van der Waals surface area (Å²) >= 11 is 0. The number of nitro groups is 1. The van der Waals surface area contributed by atoms with E-state index in [9.17, 15) is 14.9 Å². The molecule has 0 spiro atoms. The van der Waals surface area contributed by atoms with Crippen LogP contribution in [0.3, 0.4) is 0 Å². The molecule has 0 aliphatic carbocycles. The summed E-state index contributed by atoms with van der Waals surface area (Å²) in [5, 5.41) is 19.7. The van der Waals surface area contributed by atoms with Crippen LogP contribution in [0, 0.1) is 10.1 Å². The third-order valence-corrected chi connectivity index (χ3v) is 2.68. The van der Waals surface area contributed by atoms with E-state index in [1.54, 1.807) is 18.9 Å². The number of carboxylic acids is 1. The SMILES string of the molecule is CCN(c1c([N+](=O)[O-])ncn1C)C(C)CC(=O)O. The summed E-state index contributed by atoms with van der Waals surface area (Å²) in [4.78, 5) is 26.4. The van der Waals surface area contributed by atoms with Gasteiger partial charge in [-0.15, -0.1) is 0 Å². The Labute approximate surface area is 104 Å². The zero-order valence-corrected chi connectivity index (χ0v) is 10.5. The first-order chi connectivity index (χ1) is 8.38. The van der Waals surface area contributed by atoms with Crippen LogP contribution in [0.25, 0.3) is 0 Å². The minimum Gasteiger partial charge on any atom is -0.481 e. The Bertz CT molecular complexity index is 457. The maximum atomic E-state index is 10.9. The predicted octanol–water partition coefficient (Wildman–Crippen LogP) is 1.02. The van der Waals surface area contributed by atoms with Gasteiger partial charge < -0.3 is 20.1 Å². The van der Waals surface area contributed by atoms with Crippen molar-refractivity contribution in [3.05, 3.63) is 16.4 Å². The monoisotopic (exact) mass is 256 g/mol. The smallest absolute Gasteiger partial charge is 0.406 e. The molecule has 1 unspecified atom stereocenters. The Balaban J connectivity index is 3.12. The van der Waals surface area contributed by atoms with E-state index in [1.165, 1.54) is 10.9 Å². The van der Waals surface area contributed by atoms with Gasteiger partial charge in [0, 0.05) is 19.6 Å². The molecule has 1 rings (SSSR count). The molecule has 8 nitrogen and oxygen atoms in total. The summed E-state index contributed by atoms with van der Waals surface area (Å²) in [6.07, 6.45) is 1.26. The van der Waals surface area contributed by atoms with Gasteiger partial charge in [0.1, 0.15) is 0 Å². The van der Waals surface area contributed by atoms with Crippen LogP contribution in [0.5, 0.6) is 0 Å². The van der Waals surface area contributed by atoms with Gasteiger partial charge in [-0.3, -0.25) is 9.36 Å². The molecule has 100 valence electrons. The average molecular weight is 256 g/mol. The second-order valence-corrected chi connectivity index (χ2v) is 3.99. The number of anilines is 1. The number of hydrogen-bond acceptors (Lipinski definition) is 5. The summed E-state index contributed by atoms with van der Waals surface area (Å²) in [6.45, 7) is 4.00. The standard InChI is InChI=1S/C10H16N4O4/c1-4-13(7(2)5-8(15)16)10-9(14(17)18)11-6-12(10)3/h6-7H,4-5H2,1-3H3,(H,15,16). The van der Waals surface area contributed by atoms with Gasteiger partial charge in [0.05, 0.1) is 6.42 Å². The number of carboxylic acid groups (broad SMARTS) is 1. The van der Waals surface area contributed by atoms with Gasteiger partial charge in [0.15, 0.2) is 0 Å². The highest BCUT2D eigenvalue weighted by molar-refractivity contribution is 5.69. The van der Waals surface area contributed by atoms with Gasteiger partial charge in [-0.2, -0.15) is 0 Å². The van der Waals surface area contributed by atoms with Crippen molar-refractivity contribution >= 4 is 17.6 Å². The molecule has 1 N–H and O–H groups in total. The fourth-order valence-corrected chi connectivity index (χ4v) is 1.90. The quantitative estimate of drug-likeness (QED) is 0.602. The lowest BCUT2D eigenvalue weighted by Crippen LogP contribution is -2.36. The van der Waals surface area contributed by atoms with Gasteiger partial charge in [0.2, 0.25) is 12.1 Å². The Hall–Kier alpha value is -2.12. The van der Waals surface area contributed by atoms with Crippen molar-refractivity contribution in [3.63, 3.8) is 0 Å². The number of hydrogen-bond donors (Lipinski definition) is 1. The molecule has 0 saturated carbocycles. The van der Waals surface area contributed by atoms with Crippen LogP contribution in [0.2, 0.25) is 0 Å². The van der Waals surface area contributed by atoms with Gasteiger partial charge >= 0.3 is 11.8 Å². The lowest BCUT2D eigenvalue weighted by Gasteiger charge is -2.27. The molecule has 1 aromatic rings. The maximum absolute atomic E-state index is 10.9. The van der Waals surface area contributed by atoms with Crippen molar-refractivity contribution in [2.45, 2.75) is 26.3 Å². The minimum atomic E-state index is -0.939. The highest BCUT2D eigenvalue weighted by Crippen LogP contribution is 2.27. The van der Waals surface area contributed by atoms with Gasteiger partial charge in [-0.1, -0.05) is 0 Å². The molecule has 1 aromatic heterocycles. The van der Waals surface area contributed by atoms with Crippen molar-refractivity contribution in [1.29, 1.82) is 0 Å². The van der Waals surface area contributed by atoms with Crippen LogP contribution < -0.4 is 4.90 Å². The summed E-state index contributed by atoms with van der Waals surface area (Å²) < 4.78 is 1.53. The van der Waals surface area contributed by atoms with E-state index in [0.29, 0.717) is 12.4 Å². The van der Waals surface area contributed by atoms with E-state index in [4.69, 9.17) is 5.11 Å². The fraction of sp³-hybridized carbons (Fsp3) is 0.600. The van der Waals surface area contributed by atoms with Gasteiger partial charge in [0.25, 0.3) is 0 Å². The van der Waals surface area contributed by atoms with E-state index >= 15 is 0 Å². The number of imidazole rings is 1. The maximum Gasteiger partial charge on any atom is 0.406 e. The Morgan fingerprint density at radius 3 is 2.78 bits per heavy atom. The summed E-state index contributed by atoms with van der Waals surface area (Å²) in [5.74, 6) is -0.862. The predicted molar refractivity (Wildman–Crippen MR) is 64.6 cm³/mol. The van der Waals surface area contributed by atoms with Gasteiger partial charge in [-0.05, 0) is 23.8 Å². The first kappa shape index (κ1) is 13.9. The molecule has 0 saturated heterocycles. The van der Waals surface area contributed by atoms with E-state index in [-0.39, 0.29) is 18.3 Å². The molecule has 0 fully saturated rings. The van der Waals surface area contributed by atoms with Crippen molar-refractivity contribution in [3.8, 4) is 0 Å². The van der Waals surface area contributed by atoms with E-state index in [1.807, 2.05) is 6.92 Å². The molecule has 1 atom stereocenters. The normalized spacial score (nSPS) is 12.2. The molecule has 0 radical (unpaired) electrons. The van der Waals surface area contributed by atoms with E-state index in [2.05, 4.69) is 4.98 Å². The van der Waals surface area contributed by atoms with Crippen LogP contribution >= 0.6 is 0 Å². The summed E-state index contributed by atoms with van der Waals surface area (Å²) in [7, 11) is 1.64. The van der Waals surface area contributed by atoms with Crippen molar-refractivity contribution in [2.75, 3.05) is 11.4 Å². The number of aromatic nitrogens is 2. The van der Waals surface area contributed by atoms with Crippen LogP contribution in [-0.2, 0) is 11.8 Å². The van der Waals surface area contributed by atoms with E-state index < -0.39 is 10.9 Å². The molecule has 0 amide bonds. The summed E-state index contributed by atoms with van der Waals surface area (Å²) in [6, 6.07) is -0.346. The highest BCUT2D eigenvalue weighted by atomic mass is 16.6. The number of carbonyl (C=O) groups is 1. The third kappa shape index (κ3) is 2.76. The van der Waals surface area contributed by atoms with Crippen LogP contribution in [0.4, 0.5) is 11.6 Å². The highest BCUT2D eigenvalue weighted by Gasteiger charge is 2.28. The second kappa shape index (κ2) is 5.48. The molecule has 8 heteroatoms. The largest absolute Gasteiger partial charge is 0.481 e. The van der Waals surface area contributed by atoms with Crippen molar-refractivity contribution < 1.29 is 14.8 Å². The second-order valence-electron chi connectivity index (χ2n) is 3.99. The first-order valence-electron chi connectivity index (χ1n) is 5.52. The van der Waals surface area contributed by atoms with Crippen LogP contribution in [-0.4, -0.2) is 38.1 Å². The minimum absolute atomic E-state index is 0.0871. The lowest BCUT2D eigenvalue weighted by molar-refractivity contribution is -0.388. The molecule has 0 aliphatic rings. The Morgan fingerprint density at radius 1 is 1.72 bits per heavy atom. The molecule has 0 aliphatic heterocycles. The fourth-order valence-electron chi connectivity index (χ4n) is 1.90.